The second-order valence-corrected chi connectivity index (χ2v) is 8.48. The van der Waals surface area contributed by atoms with Crippen LogP contribution in [0.5, 0.6) is 0 Å². The first kappa shape index (κ1) is 22.0. The Kier molecular flexibility index (Phi) is 7.16. The summed E-state index contributed by atoms with van der Waals surface area (Å²) < 4.78 is 15.3. The van der Waals surface area contributed by atoms with E-state index in [4.69, 9.17) is 0 Å². The van der Waals surface area contributed by atoms with Gasteiger partial charge < -0.3 is 10.2 Å². The molecule has 0 atom stereocenters. The van der Waals surface area contributed by atoms with E-state index in [1.54, 1.807) is 17.0 Å². The highest BCUT2D eigenvalue weighted by atomic mass is 32.2. The molecule has 1 N–H and O–H groups in total. The number of benzene rings is 2. The largest absolute Gasteiger partial charge is 0.346 e. The Morgan fingerprint density at radius 1 is 1.00 bits per heavy atom. The Morgan fingerprint density at radius 2 is 1.72 bits per heavy atom. The lowest BCUT2D eigenvalue weighted by atomic mass is 10.2. The van der Waals surface area contributed by atoms with Crippen molar-refractivity contribution < 1.29 is 14.0 Å². The van der Waals surface area contributed by atoms with Gasteiger partial charge in [0.1, 0.15) is 5.82 Å². The van der Waals surface area contributed by atoms with Gasteiger partial charge in [-0.3, -0.25) is 14.2 Å². The molecule has 1 aliphatic heterocycles. The zero-order valence-corrected chi connectivity index (χ0v) is 18.4. The highest BCUT2D eigenvalue weighted by molar-refractivity contribution is 7.99. The smallest absolute Gasteiger partial charge is 0.241 e. The van der Waals surface area contributed by atoms with E-state index in [1.807, 2.05) is 34.9 Å². The number of carbonyl (C=O) groups excluding carboxylic acids is 2. The average Bonchev–Trinajstić information content (AvgIpc) is 3.48. The molecular formula is C23H24FN5O2S. The summed E-state index contributed by atoms with van der Waals surface area (Å²) in [6, 6.07) is 15.9. The van der Waals surface area contributed by atoms with E-state index in [2.05, 4.69) is 15.5 Å². The van der Waals surface area contributed by atoms with Gasteiger partial charge in [0.25, 0.3) is 0 Å². The van der Waals surface area contributed by atoms with Gasteiger partial charge in [-0.2, -0.15) is 0 Å². The van der Waals surface area contributed by atoms with Crippen molar-refractivity contribution in [2.45, 2.75) is 24.5 Å². The monoisotopic (exact) mass is 453 g/mol. The summed E-state index contributed by atoms with van der Waals surface area (Å²) in [5, 5.41) is 11.8. The van der Waals surface area contributed by atoms with Gasteiger partial charge >= 0.3 is 0 Å². The molecule has 1 fully saturated rings. The minimum atomic E-state index is -0.322. The number of rotatable bonds is 8. The Balaban J connectivity index is 1.44. The Labute approximate surface area is 190 Å². The van der Waals surface area contributed by atoms with Crippen LogP contribution in [0.1, 0.15) is 18.4 Å². The van der Waals surface area contributed by atoms with Crippen LogP contribution in [0.15, 0.2) is 59.8 Å². The van der Waals surface area contributed by atoms with Crippen LogP contribution in [0.4, 0.5) is 4.39 Å². The van der Waals surface area contributed by atoms with Gasteiger partial charge in [0.05, 0.1) is 18.8 Å². The van der Waals surface area contributed by atoms with E-state index in [-0.39, 0.29) is 29.9 Å². The fourth-order valence-corrected chi connectivity index (χ4v) is 4.32. The molecule has 0 bridgehead atoms. The van der Waals surface area contributed by atoms with E-state index < -0.39 is 0 Å². The van der Waals surface area contributed by atoms with Crippen LogP contribution in [-0.2, 0) is 16.1 Å². The molecule has 1 saturated heterocycles. The highest BCUT2D eigenvalue weighted by Crippen LogP contribution is 2.25. The van der Waals surface area contributed by atoms with Crippen LogP contribution >= 0.6 is 11.8 Å². The number of nitrogens with one attached hydrogen (secondary N) is 1. The predicted octanol–water partition coefficient (Wildman–Crippen LogP) is 2.96. The number of thioether (sulfide) groups is 1. The number of aromatic nitrogens is 3. The lowest BCUT2D eigenvalue weighted by Crippen LogP contribution is -2.39. The molecule has 0 spiro atoms. The third-order valence-corrected chi connectivity index (χ3v) is 6.20. The first-order valence-corrected chi connectivity index (χ1v) is 11.5. The summed E-state index contributed by atoms with van der Waals surface area (Å²) in [6.07, 6.45) is 2.03. The number of hydrogen-bond acceptors (Lipinski definition) is 5. The molecule has 0 radical (unpaired) electrons. The van der Waals surface area contributed by atoms with Gasteiger partial charge in [0.15, 0.2) is 11.0 Å². The zero-order valence-electron chi connectivity index (χ0n) is 17.5. The Hall–Kier alpha value is -3.20. The van der Waals surface area contributed by atoms with Crippen LogP contribution in [-0.4, -0.2) is 56.9 Å². The molecule has 0 aliphatic carbocycles. The fraction of sp³-hybridized carbons (Fsp3) is 0.304. The maximum Gasteiger partial charge on any atom is 0.241 e. The summed E-state index contributed by atoms with van der Waals surface area (Å²) >= 11 is 1.26. The fourth-order valence-electron chi connectivity index (χ4n) is 3.55. The number of halogens is 1. The molecule has 2 heterocycles. The third kappa shape index (κ3) is 5.53. The lowest BCUT2D eigenvalue weighted by molar-refractivity contribution is -0.131. The maximum atomic E-state index is 13.4. The molecule has 1 aromatic heterocycles. The van der Waals surface area contributed by atoms with Gasteiger partial charge in [-0.25, -0.2) is 4.39 Å². The minimum absolute atomic E-state index is 0.0108. The van der Waals surface area contributed by atoms with Crippen LogP contribution in [0.25, 0.3) is 11.4 Å². The summed E-state index contributed by atoms with van der Waals surface area (Å²) in [4.78, 5) is 26.2. The van der Waals surface area contributed by atoms with Crippen LogP contribution in [0.2, 0.25) is 0 Å². The summed E-state index contributed by atoms with van der Waals surface area (Å²) in [5.41, 5.74) is 1.79. The third-order valence-electron chi connectivity index (χ3n) is 5.23. The molecule has 0 unspecified atom stereocenters. The van der Waals surface area contributed by atoms with E-state index in [0.29, 0.717) is 17.5 Å². The average molecular weight is 454 g/mol. The van der Waals surface area contributed by atoms with Gasteiger partial charge in [0, 0.05) is 18.7 Å². The van der Waals surface area contributed by atoms with E-state index in [9.17, 15) is 14.0 Å². The lowest BCUT2D eigenvalue weighted by Gasteiger charge is -2.15. The summed E-state index contributed by atoms with van der Waals surface area (Å²) in [6.45, 7) is 2.05. The first-order valence-electron chi connectivity index (χ1n) is 10.5. The standard InChI is InChI=1S/C23H24FN5O2S/c24-19-10-8-18(9-11-19)22-26-27-23(29(22)15-17-6-2-1-3-7-17)32-16-20(30)25-14-21(31)28-12-4-5-13-28/h1-3,6-11H,4-5,12-16H2,(H,25,30). The molecule has 2 amide bonds. The van der Waals surface area contributed by atoms with Crippen molar-refractivity contribution in [3.8, 4) is 11.4 Å². The molecule has 2 aromatic carbocycles. The SMILES string of the molecule is O=C(CSc1nnc(-c2ccc(F)cc2)n1Cc1ccccc1)NCC(=O)N1CCCC1. The van der Waals surface area contributed by atoms with Crippen molar-refractivity contribution in [1.82, 2.24) is 25.0 Å². The van der Waals surface area contributed by atoms with Crippen molar-refractivity contribution in [2.24, 2.45) is 0 Å². The predicted molar refractivity (Wildman–Crippen MR) is 121 cm³/mol. The molecule has 4 rings (SSSR count). The second-order valence-electron chi connectivity index (χ2n) is 7.54. The number of carbonyl (C=O) groups is 2. The number of nitrogens with zero attached hydrogens (tertiary/aromatic N) is 4. The summed E-state index contributed by atoms with van der Waals surface area (Å²) in [7, 11) is 0. The van der Waals surface area contributed by atoms with Crippen LogP contribution in [0.3, 0.4) is 0 Å². The first-order chi connectivity index (χ1) is 15.6. The Morgan fingerprint density at radius 3 is 2.44 bits per heavy atom. The number of hydrogen-bond donors (Lipinski definition) is 1. The zero-order chi connectivity index (χ0) is 22.3. The quantitative estimate of drug-likeness (QED) is 0.531. The second kappa shape index (κ2) is 10.4. The molecular weight excluding hydrogens is 429 g/mol. The topological polar surface area (TPSA) is 80.1 Å². The molecule has 32 heavy (non-hydrogen) atoms. The molecule has 0 saturated carbocycles. The van der Waals surface area contributed by atoms with Gasteiger partial charge in [-0.1, -0.05) is 42.1 Å². The van der Waals surface area contributed by atoms with Crippen molar-refractivity contribution in [2.75, 3.05) is 25.4 Å². The minimum Gasteiger partial charge on any atom is -0.346 e. The van der Waals surface area contributed by atoms with Gasteiger partial charge in [-0.05, 0) is 42.7 Å². The van der Waals surface area contributed by atoms with Gasteiger partial charge in [0.2, 0.25) is 11.8 Å². The van der Waals surface area contributed by atoms with E-state index in [1.165, 1.54) is 23.9 Å². The van der Waals surface area contributed by atoms with Crippen LogP contribution in [0, 0.1) is 5.82 Å². The molecule has 1 aliphatic rings. The van der Waals surface area contributed by atoms with Crippen molar-refractivity contribution in [3.63, 3.8) is 0 Å². The molecule has 3 aromatic rings. The molecule has 166 valence electrons. The van der Waals surface area contributed by atoms with Crippen molar-refractivity contribution in [3.05, 3.63) is 66.0 Å². The van der Waals surface area contributed by atoms with Crippen LogP contribution < -0.4 is 5.32 Å². The van der Waals surface area contributed by atoms with Gasteiger partial charge in [-0.15, -0.1) is 10.2 Å². The Bertz CT molecular complexity index is 1070. The number of likely N-dealkylation sites (tertiary alicyclic amines) is 1. The van der Waals surface area contributed by atoms with E-state index >= 15 is 0 Å². The molecule has 7 nitrogen and oxygen atoms in total. The van der Waals surface area contributed by atoms with E-state index in [0.717, 1.165) is 37.1 Å². The maximum absolute atomic E-state index is 13.4. The van der Waals surface area contributed by atoms with Crippen molar-refractivity contribution in [1.29, 1.82) is 0 Å². The molecule has 9 heteroatoms. The number of amides is 2. The summed E-state index contributed by atoms with van der Waals surface area (Å²) in [5.74, 6) is 0.106. The van der Waals surface area contributed by atoms with Crippen molar-refractivity contribution >= 4 is 23.6 Å². The normalized spacial score (nSPS) is 13.3. The highest BCUT2D eigenvalue weighted by Gasteiger charge is 2.19.